The summed E-state index contributed by atoms with van der Waals surface area (Å²) in [5.41, 5.74) is 1.08. The fourth-order valence-electron chi connectivity index (χ4n) is 2.64. The topological polar surface area (TPSA) is 43.8 Å². The molecule has 18 heavy (non-hydrogen) atoms. The lowest BCUT2D eigenvalue weighted by Crippen LogP contribution is -2.51. The van der Waals surface area contributed by atoms with E-state index in [1.165, 1.54) is 0 Å². The van der Waals surface area contributed by atoms with Gasteiger partial charge in [-0.15, -0.1) is 0 Å². The number of phenolic OH excluding ortho intramolecular Hbond substituents is 1. The smallest absolute Gasteiger partial charge is 0.256 e. The highest BCUT2D eigenvalue weighted by molar-refractivity contribution is 6.35. The molecule has 1 aromatic rings. The first kappa shape index (κ1) is 11.8. The Morgan fingerprint density at radius 3 is 2.78 bits per heavy atom. The predicted molar refractivity (Wildman–Crippen MR) is 68.9 cm³/mol. The van der Waals surface area contributed by atoms with E-state index in [9.17, 15) is 9.90 Å². The van der Waals surface area contributed by atoms with Gasteiger partial charge in [-0.2, -0.15) is 0 Å². The molecular formula is C13H15ClN2O2. The first-order valence-corrected chi connectivity index (χ1v) is 6.50. The third-order valence-electron chi connectivity index (χ3n) is 3.89. The highest BCUT2D eigenvalue weighted by atomic mass is 35.5. The van der Waals surface area contributed by atoms with Gasteiger partial charge in [0, 0.05) is 19.6 Å². The van der Waals surface area contributed by atoms with Gasteiger partial charge >= 0.3 is 0 Å². The number of amides is 1. The molecule has 0 radical (unpaired) electrons. The largest absolute Gasteiger partial charge is 0.506 e. The Balaban J connectivity index is 1.91. The van der Waals surface area contributed by atoms with Gasteiger partial charge in [-0.3, -0.25) is 9.69 Å². The fraction of sp³-hybridized carbons (Fsp3) is 0.462. The van der Waals surface area contributed by atoms with Crippen LogP contribution < -0.4 is 0 Å². The average Bonchev–Trinajstić information content (AvgIpc) is 2.61. The van der Waals surface area contributed by atoms with Gasteiger partial charge in [-0.05, 0) is 25.0 Å². The minimum atomic E-state index is -0.0810. The van der Waals surface area contributed by atoms with E-state index in [0.29, 0.717) is 11.1 Å². The van der Waals surface area contributed by atoms with Crippen LogP contribution in [0.3, 0.4) is 0 Å². The van der Waals surface area contributed by atoms with Gasteiger partial charge in [0.05, 0.1) is 16.8 Å². The molecule has 0 aromatic heterocycles. The van der Waals surface area contributed by atoms with Crippen LogP contribution in [0.2, 0.25) is 5.02 Å². The quantitative estimate of drug-likeness (QED) is 0.844. The summed E-state index contributed by atoms with van der Waals surface area (Å²) in [5, 5.41) is 9.96. The Labute approximate surface area is 111 Å². The molecule has 96 valence electrons. The lowest BCUT2D eigenvalue weighted by atomic mass is 10.1. The number of hydrogen-bond donors (Lipinski definition) is 1. The number of nitrogens with zero attached hydrogens (tertiary/aromatic N) is 2. The number of fused-ring (bicyclic) bond motifs is 1. The van der Waals surface area contributed by atoms with Crippen molar-refractivity contribution in [1.82, 2.24) is 9.80 Å². The number of hydrogen-bond acceptors (Lipinski definition) is 3. The van der Waals surface area contributed by atoms with E-state index < -0.39 is 0 Å². The molecule has 2 fully saturated rings. The van der Waals surface area contributed by atoms with Gasteiger partial charge in [0.1, 0.15) is 5.75 Å². The molecule has 3 rings (SSSR count). The summed E-state index contributed by atoms with van der Waals surface area (Å²) >= 11 is 6.06. The third kappa shape index (κ3) is 1.60. The Morgan fingerprint density at radius 1 is 1.39 bits per heavy atom. The number of aryl methyl sites for hydroxylation is 1. The minimum Gasteiger partial charge on any atom is -0.506 e. The summed E-state index contributed by atoms with van der Waals surface area (Å²) in [7, 11) is 0. The van der Waals surface area contributed by atoms with Crippen molar-refractivity contribution < 1.29 is 9.90 Å². The number of aromatic hydroxyl groups is 1. The van der Waals surface area contributed by atoms with Crippen LogP contribution in [0.5, 0.6) is 5.75 Å². The monoisotopic (exact) mass is 266 g/mol. The summed E-state index contributed by atoms with van der Waals surface area (Å²) in [5.74, 6) is -0.0744. The van der Waals surface area contributed by atoms with Crippen molar-refractivity contribution in [3.8, 4) is 5.75 Å². The van der Waals surface area contributed by atoms with Gasteiger partial charge < -0.3 is 10.0 Å². The van der Waals surface area contributed by atoms with Crippen LogP contribution in [0.4, 0.5) is 0 Å². The average molecular weight is 267 g/mol. The molecule has 0 unspecified atom stereocenters. The standard InChI is InChI=1S/C13H15ClN2O2/c1-8-2-3-9(11(14)12(8)17)13(18)16-7-6-15-5-4-10(15)16/h2-3,10,17H,4-7H2,1H3/t10-/m0/s1. The molecule has 5 heteroatoms. The number of halogens is 1. The number of carbonyl (C=O) groups is 1. The van der Waals surface area contributed by atoms with E-state index in [2.05, 4.69) is 4.90 Å². The molecule has 1 atom stereocenters. The van der Waals surface area contributed by atoms with Crippen LogP contribution in [0.1, 0.15) is 22.3 Å². The molecule has 0 spiro atoms. The Morgan fingerprint density at radius 2 is 2.17 bits per heavy atom. The summed E-state index contributed by atoms with van der Waals surface area (Å²) < 4.78 is 0. The fourth-order valence-corrected chi connectivity index (χ4v) is 2.94. The molecule has 0 bridgehead atoms. The van der Waals surface area contributed by atoms with Crippen LogP contribution >= 0.6 is 11.6 Å². The molecule has 2 saturated heterocycles. The Bertz CT molecular complexity index is 518. The maximum Gasteiger partial charge on any atom is 0.256 e. The van der Waals surface area contributed by atoms with Crippen molar-refractivity contribution in [2.24, 2.45) is 0 Å². The van der Waals surface area contributed by atoms with E-state index in [1.807, 2.05) is 4.90 Å². The van der Waals surface area contributed by atoms with Crippen LogP contribution in [0.15, 0.2) is 12.1 Å². The van der Waals surface area contributed by atoms with E-state index in [4.69, 9.17) is 11.6 Å². The SMILES string of the molecule is Cc1ccc(C(=O)N2CCN3CC[C@@H]32)c(Cl)c1O. The second-order valence-electron chi connectivity index (χ2n) is 4.90. The summed E-state index contributed by atoms with van der Waals surface area (Å²) in [6, 6.07) is 3.42. The number of carbonyl (C=O) groups excluding carboxylic acids is 1. The van der Waals surface area contributed by atoms with Crippen LogP contribution in [0.25, 0.3) is 0 Å². The zero-order valence-electron chi connectivity index (χ0n) is 10.2. The van der Waals surface area contributed by atoms with Gasteiger partial charge in [0.2, 0.25) is 0 Å². The molecule has 0 saturated carbocycles. The molecule has 2 aliphatic rings. The van der Waals surface area contributed by atoms with Crippen molar-refractivity contribution in [3.05, 3.63) is 28.3 Å². The molecule has 4 nitrogen and oxygen atoms in total. The third-order valence-corrected chi connectivity index (χ3v) is 4.28. The van der Waals surface area contributed by atoms with Crippen LogP contribution in [0, 0.1) is 6.92 Å². The molecular weight excluding hydrogens is 252 g/mol. The highest BCUT2D eigenvalue weighted by Crippen LogP contribution is 2.34. The van der Waals surface area contributed by atoms with Gasteiger partial charge in [-0.25, -0.2) is 0 Å². The molecule has 2 aliphatic heterocycles. The Hall–Kier alpha value is -1.26. The summed E-state index contributed by atoms with van der Waals surface area (Å²) in [4.78, 5) is 16.5. The lowest BCUT2D eigenvalue weighted by molar-refractivity contribution is 0.0347. The second kappa shape index (κ2) is 4.14. The molecule has 1 N–H and O–H groups in total. The van der Waals surface area contributed by atoms with E-state index >= 15 is 0 Å². The Kier molecular flexibility index (Phi) is 2.72. The maximum atomic E-state index is 12.4. The minimum absolute atomic E-state index is 0.00665. The van der Waals surface area contributed by atoms with Crippen molar-refractivity contribution >= 4 is 17.5 Å². The van der Waals surface area contributed by atoms with Crippen molar-refractivity contribution in [2.75, 3.05) is 19.6 Å². The van der Waals surface area contributed by atoms with Crippen molar-refractivity contribution in [3.63, 3.8) is 0 Å². The maximum absolute atomic E-state index is 12.4. The van der Waals surface area contributed by atoms with Gasteiger partial charge in [0.25, 0.3) is 5.91 Å². The van der Waals surface area contributed by atoms with E-state index in [-0.39, 0.29) is 22.8 Å². The first-order chi connectivity index (χ1) is 8.59. The zero-order chi connectivity index (χ0) is 12.9. The number of phenols is 1. The second-order valence-corrected chi connectivity index (χ2v) is 5.27. The summed E-state index contributed by atoms with van der Waals surface area (Å²) in [6.45, 7) is 4.51. The summed E-state index contributed by atoms with van der Waals surface area (Å²) in [6.07, 6.45) is 1.26. The molecule has 1 aromatic carbocycles. The van der Waals surface area contributed by atoms with Crippen LogP contribution in [-0.2, 0) is 0 Å². The lowest BCUT2D eigenvalue weighted by Gasteiger charge is -2.38. The molecule has 1 amide bonds. The van der Waals surface area contributed by atoms with Crippen molar-refractivity contribution in [2.45, 2.75) is 19.5 Å². The highest BCUT2D eigenvalue weighted by Gasteiger charge is 2.41. The van der Waals surface area contributed by atoms with E-state index in [1.54, 1.807) is 19.1 Å². The molecule has 0 aliphatic carbocycles. The van der Waals surface area contributed by atoms with Crippen LogP contribution in [-0.4, -0.2) is 46.6 Å². The number of benzene rings is 1. The predicted octanol–water partition coefficient (Wildman–Crippen LogP) is 1.84. The van der Waals surface area contributed by atoms with E-state index in [0.717, 1.165) is 26.1 Å². The number of rotatable bonds is 1. The zero-order valence-corrected chi connectivity index (χ0v) is 10.9. The first-order valence-electron chi connectivity index (χ1n) is 6.12. The normalized spacial score (nSPS) is 22.8. The molecule has 2 heterocycles. The van der Waals surface area contributed by atoms with Crippen molar-refractivity contribution in [1.29, 1.82) is 0 Å². The van der Waals surface area contributed by atoms with Gasteiger partial charge in [-0.1, -0.05) is 17.7 Å². The van der Waals surface area contributed by atoms with Gasteiger partial charge in [0.15, 0.2) is 0 Å².